The van der Waals surface area contributed by atoms with E-state index in [1.165, 1.54) is 10.5 Å². The van der Waals surface area contributed by atoms with E-state index in [1.54, 1.807) is 0 Å². The topological polar surface area (TPSA) is 66.1 Å². The third-order valence-corrected chi connectivity index (χ3v) is 5.47. The number of alkyl halides is 1. The molecule has 2 rings (SSSR count). The summed E-state index contributed by atoms with van der Waals surface area (Å²) in [6, 6.07) is 0. The molecular weight excluding hydrogens is 274 g/mol. The van der Waals surface area contributed by atoms with Crippen LogP contribution in [-0.2, 0) is 16.4 Å². The zero-order chi connectivity index (χ0) is 13.2. The lowest BCUT2D eigenvalue weighted by molar-refractivity contribution is 0.283. The first-order valence-corrected chi connectivity index (χ1v) is 8.15. The van der Waals surface area contributed by atoms with E-state index in [1.807, 2.05) is 6.92 Å². The lowest BCUT2D eigenvalue weighted by Crippen LogP contribution is -2.40. The van der Waals surface area contributed by atoms with E-state index < -0.39 is 10.0 Å². The second-order valence-corrected chi connectivity index (χ2v) is 6.79. The average molecular weight is 292 g/mol. The second kappa shape index (κ2) is 5.59. The smallest absolute Gasteiger partial charge is 0.260 e. The van der Waals surface area contributed by atoms with Gasteiger partial charge in [0, 0.05) is 25.4 Å². The molecule has 1 aromatic heterocycles. The Hall–Kier alpha value is -0.590. The summed E-state index contributed by atoms with van der Waals surface area (Å²) in [5, 5.41) is 0.189. The van der Waals surface area contributed by atoms with Crippen LogP contribution in [0.2, 0.25) is 0 Å². The van der Waals surface area contributed by atoms with Gasteiger partial charge in [0.15, 0.2) is 5.03 Å². The van der Waals surface area contributed by atoms with Gasteiger partial charge in [-0.2, -0.15) is 4.31 Å². The molecule has 0 amide bonds. The molecule has 18 heavy (non-hydrogen) atoms. The number of nitrogens with zero attached hydrogens (tertiary/aromatic N) is 2. The molecule has 1 unspecified atom stereocenters. The van der Waals surface area contributed by atoms with Crippen LogP contribution in [0.5, 0.6) is 0 Å². The van der Waals surface area contributed by atoms with Gasteiger partial charge < -0.3 is 4.98 Å². The van der Waals surface area contributed by atoms with Gasteiger partial charge in [0.1, 0.15) is 5.82 Å². The minimum absolute atomic E-state index is 0.189. The van der Waals surface area contributed by atoms with E-state index in [-0.39, 0.29) is 10.9 Å². The maximum Gasteiger partial charge on any atom is 0.260 e. The van der Waals surface area contributed by atoms with Crippen molar-refractivity contribution in [3.63, 3.8) is 0 Å². The number of piperidine rings is 1. The van der Waals surface area contributed by atoms with E-state index in [0.29, 0.717) is 31.2 Å². The first kappa shape index (κ1) is 13.8. The Labute approximate surface area is 113 Å². The van der Waals surface area contributed by atoms with Crippen molar-refractivity contribution in [2.24, 2.45) is 5.92 Å². The Balaban J connectivity index is 2.19. The molecule has 1 N–H and O–H groups in total. The number of aromatic nitrogens is 2. The molecule has 102 valence electrons. The Morgan fingerprint density at radius 1 is 1.61 bits per heavy atom. The summed E-state index contributed by atoms with van der Waals surface area (Å²) in [5.74, 6) is 1.46. The Bertz CT molecular complexity index is 500. The van der Waals surface area contributed by atoms with E-state index in [0.717, 1.165) is 12.8 Å². The number of halogens is 1. The molecule has 1 aromatic rings. The summed E-state index contributed by atoms with van der Waals surface area (Å²) in [7, 11) is -3.44. The van der Waals surface area contributed by atoms with Gasteiger partial charge >= 0.3 is 0 Å². The first-order chi connectivity index (χ1) is 8.57. The third-order valence-electron chi connectivity index (χ3n) is 3.26. The van der Waals surface area contributed by atoms with Crippen LogP contribution in [0.25, 0.3) is 0 Å². The highest BCUT2D eigenvalue weighted by atomic mass is 35.5. The van der Waals surface area contributed by atoms with Gasteiger partial charge in [-0.1, -0.05) is 6.92 Å². The van der Waals surface area contributed by atoms with Crippen molar-refractivity contribution in [2.45, 2.75) is 31.2 Å². The normalized spacial score (nSPS) is 22.2. The predicted octanol–water partition coefficient (Wildman–Crippen LogP) is 1.61. The first-order valence-electron chi connectivity index (χ1n) is 6.18. The van der Waals surface area contributed by atoms with Crippen LogP contribution < -0.4 is 0 Å². The molecule has 0 aliphatic carbocycles. The number of hydrogen-bond acceptors (Lipinski definition) is 3. The number of nitrogens with one attached hydrogen (secondary N) is 1. The number of rotatable bonds is 4. The number of H-pyrrole nitrogens is 1. The van der Waals surface area contributed by atoms with Crippen LogP contribution in [0.3, 0.4) is 0 Å². The third kappa shape index (κ3) is 2.70. The largest absolute Gasteiger partial charge is 0.332 e. The predicted molar refractivity (Wildman–Crippen MR) is 70.2 cm³/mol. The highest BCUT2D eigenvalue weighted by Crippen LogP contribution is 2.23. The van der Waals surface area contributed by atoms with Crippen LogP contribution in [0.1, 0.15) is 25.6 Å². The van der Waals surface area contributed by atoms with E-state index in [4.69, 9.17) is 11.6 Å². The number of sulfonamides is 1. The van der Waals surface area contributed by atoms with Crippen LogP contribution in [0.15, 0.2) is 11.2 Å². The molecule has 0 radical (unpaired) electrons. The molecule has 0 saturated carbocycles. The fraction of sp³-hybridized carbons (Fsp3) is 0.727. The number of aromatic amines is 1. The van der Waals surface area contributed by atoms with Gasteiger partial charge in [0.2, 0.25) is 0 Å². The van der Waals surface area contributed by atoms with Crippen molar-refractivity contribution in [3.05, 3.63) is 12.0 Å². The summed E-state index contributed by atoms with van der Waals surface area (Å²) < 4.78 is 26.3. The molecule has 1 aliphatic heterocycles. The summed E-state index contributed by atoms with van der Waals surface area (Å²) in [4.78, 5) is 6.91. The summed E-state index contributed by atoms with van der Waals surface area (Å²) in [6.07, 6.45) is 3.96. The van der Waals surface area contributed by atoms with Crippen LogP contribution in [0.4, 0.5) is 0 Å². The highest BCUT2D eigenvalue weighted by molar-refractivity contribution is 7.89. The Morgan fingerprint density at radius 2 is 2.39 bits per heavy atom. The molecule has 1 saturated heterocycles. The molecule has 1 aliphatic rings. The van der Waals surface area contributed by atoms with Crippen molar-refractivity contribution in [1.82, 2.24) is 14.3 Å². The average Bonchev–Trinajstić information content (AvgIpc) is 2.88. The molecule has 1 atom stereocenters. The van der Waals surface area contributed by atoms with Crippen molar-refractivity contribution < 1.29 is 8.42 Å². The van der Waals surface area contributed by atoms with Gasteiger partial charge in [0.05, 0.1) is 6.20 Å². The molecule has 0 bridgehead atoms. The molecule has 1 fully saturated rings. The Morgan fingerprint density at radius 3 is 3.00 bits per heavy atom. The number of aryl methyl sites for hydroxylation is 1. The quantitative estimate of drug-likeness (QED) is 0.857. The Kier molecular flexibility index (Phi) is 4.29. The van der Waals surface area contributed by atoms with Crippen molar-refractivity contribution in [2.75, 3.05) is 19.0 Å². The minimum Gasteiger partial charge on any atom is -0.332 e. The van der Waals surface area contributed by atoms with Crippen molar-refractivity contribution in [1.29, 1.82) is 0 Å². The molecule has 0 aromatic carbocycles. The summed E-state index contributed by atoms with van der Waals surface area (Å²) >= 11 is 5.83. The molecule has 2 heterocycles. The van der Waals surface area contributed by atoms with Gasteiger partial charge in [-0.3, -0.25) is 0 Å². The van der Waals surface area contributed by atoms with Crippen LogP contribution in [-0.4, -0.2) is 41.7 Å². The fourth-order valence-corrected chi connectivity index (χ4v) is 3.90. The molecule has 7 heteroatoms. The van der Waals surface area contributed by atoms with Gasteiger partial charge in [-0.05, 0) is 18.8 Å². The van der Waals surface area contributed by atoms with Crippen LogP contribution in [0, 0.1) is 5.92 Å². The lowest BCUT2D eigenvalue weighted by Gasteiger charge is -2.30. The maximum atomic E-state index is 12.4. The van der Waals surface area contributed by atoms with Gasteiger partial charge in [-0.15, -0.1) is 11.6 Å². The second-order valence-electron chi connectivity index (χ2n) is 4.57. The van der Waals surface area contributed by atoms with Crippen molar-refractivity contribution >= 4 is 21.6 Å². The zero-order valence-corrected chi connectivity index (χ0v) is 12.0. The van der Waals surface area contributed by atoms with Crippen molar-refractivity contribution in [3.8, 4) is 0 Å². The SMILES string of the molecule is CCc1ncc(S(=O)(=O)N2CCCC(CCl)C2)[nH]1. The fourth-order valence-electron chi connectivity index (χ4n) is 2.16. The lowest BCUT2D eigenvalue weighted by atomic mass is 10.0. The number of imidazole rings is 1. The molecule has 5 nitrogen and oxygen atoms in total. The summed E-state index contributed by atoms with van der Waals surface area (Å²) in [6.45, 7) is 3.00. The highest BCUT2D eigenvalue weighted by Gasteiger charge is 2.31. The zero-order valence-electron chi connectivity index (χ0n) is 10.4. The van der Waals surface area contributed by atoms with E-state index >= 15 is 0 Å². The summed E-state index contributed by atoms with van der Waals surface area (Å²) in [5.41, 5.74) is 0. The molecule has 0 spiro atoms. The van der Waals surface area contributed by atoms with Gasteiger partial charge in [0.25, 0.3) is 10.0 Å². The maximum absolute atomic E-state index is 12.4. The van der Waals surface area contributed by atoms with Gasteiger partial charge in [-0.25, -0.2) is 13.4 Å². The molecular formula is C11H18ClN3O2S. The monoisotopic (exact) mass is 291 g/mol. The standard InChI is InChI=1S/C11H18ClN3O2S/c1-2-10-13-7-11(14-10)18(16,17)15-5-3-4-9(6-12)8-15/h7,9H,2-6,8H2,1H3,(H,13,14). The van der Waals surface area contributed by atoms with Crippen LogP contribution >= 0.6 is 11.6 Å². The number of hydrogen-bond donors (Lipinski definition) is 1. The minimum atomic E-state index is -3.44. The van der Waals surface area contributed by atoms with E-state index in [9.17, 15) is 8.42 Å². The van der Waals surface area contributed by atoms with E-state index in [2.05, 4.69) is 9.97 Å².